The zero-order chi connectivity index (χ0) is 15.4. The van der Waals surface area contributed by atoms with Crippen molar-refractivity contribution in [2.45, 2.75) is 32.4 Å². The lowest BCUT2D eigenvalue weighted by atomic mass is 10.0. The van der Waals surface area contributed by atoms with E-state index < -0.39 is 0 Å². The van der Waals surface area contributed by atoms with Crippen LogP contribution in [0, 0.1) is 6.92 Å². The van der Waals surface area contributed by atoms with Crippen LogP contribution in [0.1, 0.15) is 34.7 Å². The van der Waals surface area contributed by atoms with E-state index in [1.807, 2.05) is 13.0 Å². The van der Waals surface area contributed by atoms with Gasteiger partial charge in [0.25, 0.3) is 5.91 Å². The van der Waals surface area contributed by atoms with Gasteiger partial charge in [0.1, 0.15) is 0 Å². The smallest absolute Gasteiger partial charge is 0.290 e. The third kappa shape index (κ3) is 3.74. The van der Waals surface area contributed by atoms with Gasteiger partial charge in [0.2, 0.25) is 5.76 Å². The number of amides is 1. The second-order valence-corrected chi connectivity index (χ2v) is 5.84. The van der Waals surface area contributed by atoms with Crippen LogP contribution in [0.2, 0.25) is 0 Å². The van der Waals surface area contributed by atoms with Crippen LogP contribution in [-0.2, 0) is 6.54 Å². The van der Waals surface area contributed by atoms with Crippen molar-refractivity contribution in [3.8, 4) is 0 Å². The van der Waals surface area contributed by atoms with E-state index in [-0.39, 0.29) is 11.9 Å². The molecule has 2 heterocycles. The molecule has 2 aromatic rings. The van der Waals surface area contributed by atoms with Crippen LogP contribution in [0.3, 0.4) is 0 Å². The highest BCUT2D eigenvalue weighted by Gasteiger charge is 2.22. The first-order chi connectivity index (χ1) is 10.7. The zero-order valence-corrected chi connectivity index (χ0v) is 12.8. The second-order valence-electron chi connectivity index (χ2n) is 5.84. The summed E-state index contributed by atoms with van der Waals surface area (Å²) < 4.78 is 5.00. The highest BCUT2D eigenvalue weighted by molar-refractivity contribution is 5.91. The Morgan fingerprint density at radius 1 is 1.32 bits per heavy atom. The van der Waals surface area contributed by atoms with E-state index in [9.17, 15) is 4.79 Å². The maximum absolute atomic E-state index is 12.0. The number of benzene rings is 1. The topological polar surface area (TPSA) is 58.4 Å². The lowest BCUT2D eigenvalue weighted by molar-refractivity contribution is 0.0872. The summed E-state index contributed by atoms with van der Waals surface area (Å²) in [5.41, 5.74) is 2.06. The van der Waals surface area contributed by atoms with Crippen molar-refractivity contribution < 1.29 is 9.32 Å². The first-order valence-electron chi connectivity index (χ1n) is 7.71. The van der Waals surface area contributed by atoms with Gasteiger partial charge >= 0.3 is 0 Å². The fraction of sp³-hybridized carbons (Fsp3) is 0.412. The summed E-state index contributed by atoms with van der Waals surface area (Å²) in [6.07, 6.45) is 1.93. The van der Waals surface area contributed by atoms with Gasteiger partial charge in [-0.25, -0.2) is 0 Å². The fourth-order valence-electron chi connectivity index (χ4n) is 2.80. The Labute approximate surface area is 130 Å². The molecule has 1 amide bonds. The summed E-state index contributed by atoms with van der Waals surface area (Å²) in [6.45, 7) is 4.77. The van der Waals surface area contributed by atoms with Crippen LogP contribution in [0.5, 0.6) is 0 Å². The molecule has 5 heteroatoms. The van der Waals surface area contributed by atoms with E-state index in [1.165, 1.54) is 5.56 Å². The van der Waals surface area contributed by atoms with E-state index in [0.717, 1.165) is 38.2 Å². The minimum atomic E-state index is -0.165. The van der Waals surface area contributed by atoms with E-state index in [2.05, 4.69) is 39.6 Å². The average Bonchev–Trinajstić information content (AvgIpc) is 2.97. The number of rotatable bonds is 4. The van der Waals surface area contributed by atoms with Crippen molar-refractivity contribution in [2.24, 2.45) is 0 Å². The third-order valence-corrected chi connectivity index (χ3v) is 4.02. The Kier molecular flexibility index (Phi) is 4.53. The van der Waals surface area contributed by atoms with Gasteiger partial charge in [-0.05, 0) is 25.3 Å². The summed E-state index contributed by atoms with van der Waals surface area (Å²) in [6, 6.07) is 12.4. The summed E-state index contributed by atoms with van der Waals surface area (Å²) >= 11 is 0. The molecule has 0 radical (unpaired) electrons. The lowest BCUT2D eigenvalue weighted by Crippen LogP contribution is -2.44. The van der Waals surface area contributed by atoms with Crippen LogP contribution >= 0.6 is 0 Å². The SMILES string of the molecule is Cc1cc(C(=O)NC2CCN(Cc3ccccc3)CC2)on1. The van der Waals surface area contributed by atoms with Gasteiger partial charge in [-0.3, -0.25) is 9.69 Å². The molecule has 1 aromatic heterocycles. The van der Waals surface area contributed by atoms with Crippen LogP contribution in [0.4, 0.5) is 0 Å². The number of nitrogens with one attached hydrogen (secondary N) is 1. The van der Waals surface area contributed by atoms with Crippen molar-refractivity contribution in [2.75, 3.05) is 13.1 Å². The van der Waals surface area contributed by atoms with Crippen LogP contribution in [0.15, 0.2) is 40.9 Å². The molecule has 22 heavy (non-hydrogen) atoms. The Hall–Kier alpha value is -2.14. The minimum absolute atomic E-state index is 0.165. The maximum atomic E-state index is 12.0. The number of nitrogens with zero attached hydrogens (tertiary/aromatic N) is 2. The van der Waals surface area contributed by atoms with Crippen LogP contribution in [0.25, 0.3) is 0 Å². The zero-order valence-electron chi connectivity index (χ0n) is 12.8. The van der Waals surface area contributed by atoms with E-state index >= 15 is 0 Å². The normalized spacial score (nSPS) is 16.6. The molecule has 3 rings (SSSR count). The standard InChI is InChI=1S/C17H21N3O2/c1-13-11-16(22-19-13)17(21)18-15-7-9-20(10-8-15)12-14-5-3-2-4-6-14/h2-6,11,15H,7-10,12H2,1H3,(H,18,21). The van der Waals surface area contributed by atoms with Crippen molar-refractivity contribution >= 4 is 5.91 Å². The molecular formula is C17H21N3O2. The van der Waals surface area contributed by atoms with Crippen molar-refractivity contribution in [3.05, 3.63) is 53.4 Å². The number of carbonyl (C=O) groups excluding carboxylic acids is 1. The van der Waals surface area contributed by atoms with Gasteiger partial charge in [-0.2, -0.15) is 0 Å². The highest BCUT2D eigenvalue weighted by atomic mass is 16.5. The van der Waals surface area contributed by atoms with Gasteiger partial charge in [0.15, 0.2) is 0 Å². The molecule has 1 aliphatic rings. The van der Waals surface area contributed by atoms with Crippen molar-refractivity contribution in [3.63, 3.8) is 0 Å². The molecule has 1 aromatic carbocycles. The summed E-state index contributed by atoms with van der Waals surface area (Å²) in [4.78, 5) is 14.5. The number of hydrogen-bond acceptors (Lipinski definition) is 4. The van der Waals surface area contributed by atoms with Gasteiger partial charge in [-0.1, -0.05) is 35.5 Å². The van der Waals surface area contributed by atoms with E-state index in [0.29, 0.717) is 5.76 Å². The van der Waals surface area contributed by atoms with Crippen LogP contribution in [-0.4, -0.2) is 35.1 Å². The summed E-state index contributed by atoms with van der Waals surface area (Å²) in [7, 11) is 0. The fourth-order valence-corrected chi connectivity index (χ4v) is 2.80. The summed E-state index contributed by atoms with van der Waals surface area (Å²) in [5.74, 6) is 0.131. The molecule has 5 nitrogen and oxygen atoms in total. The largest absolute Gasteiger partial charge is 0.351 e. The minimum Gasteiger partial charge on any atom is -0.351 e. The molecule has 0 unspecified atom stereocenters. The molecule has 1 N–H and O–H groups in total. The summed E-state index contributed by atoms with van der Waals surface area (Å²) in [5, 5.41) is 6.78. The van der Waals surface area contributed by atoms with Crippen molar-refractivity contribution in [1.29, 1.82) is 0 Å². The van der Waals surface area contributed by atoms with Crippen molar-refractivity contribution in [1.82, 2.24) is 15.4 Å². The van der Waals surface area contributed by atoms with Gasteiger partial charge in [0, 0.05) is 31.7 Å². The van der Waals surface area contributed by atoms with Gasteiger partial charge in [-0.15, -0.1) is 0 Å². The number of likely N-dealkylation sites (tertiary alicyclic amines) is 1. The second kappa shape index (κ2) is 6.75. The molecule has 0 spiro atoms. The van der Waals surface area contributed by atoms with Gasteiger partial charge < -0.3 is 9.84 Å². The number of aryl methyl sites for hydroxylation is 1. The van der Waals surface area contributed by atoms with E-state index in [4.69, 9.17) is 4.52 Å². The Balaban J connectivity index is 1.46. The molecule has 116 valence electrons. The Bertz CT molecular complexity index is 616. The first kappa shape index (κ1) is 14.8. The molecule has 0 aliphatic carbocycles. The monoisotopic (exact) mass is 299 g/mol. The average molecular weight is 299 g/mol. The van der Waals surface area contributed by atoms with Crippen LogP contribution < -0.4 is 5.32 Å². The number of piperidine rings is 1. The highest BCUT2D eigenvalue weighted by Crippen LogP contribution is 2.14. The Morgan fingerprint density at radius 2 is 2.05 bits per heavy atom. The lowest BCUT2D eigenvalue weighted by Gasteiger charge is -2.32. The Morgan fingerprint density at radius 3 is 2.68 bits per heavy atom. The van der Waals surface area contributed by atoms with E-state index in [1.54, 1.807) is 6.07 Å². The molecule has 0 atom stereocenters. The predicted octanol–water partition coefficient (Wildman–Crippen LogP) is 2.38. The molecule has 1 fully saturated rings. The van der Waals surface area contributed by atoms with Gasteiger partial charge in [0.05, 0.1) is 5.69 Å². The quantitative estimate of drug-likeness (QED) is 0.941. The molecular weight excluding hydrogens is 278 g/mol. The molecule has 1 saturated heterocycles. The molecule has 0 bridgehead atoms. The first-order valence-corrected chi connectivity index (χ1v) is 7.71. The number of aromatic nitrogens is 1. The molecule has 0 saturated carbocycles. The third-order valence-electron chi connectivity index (χ3n) is 4.02. The number of carbonyl (C=O) groups is 1. The number of hydrogen-bond donors (Lipinski definition) is 1. The maximum Gasteiger partial charge on any atom is 0.290 e. The molecule has 1 aliphatic heterocycles. The predicted molar refractivity (Wildman–Crippen MR) is 83.4 cm³/mol.